The van der Waals surface area contributed by atoms with Crippen molar-refractivity contribution in [3.8, 4) is 0 Å². The average Bonchev–Trinajstić information content (AvgIpc) is 2.95. The van der Waals surface area contributed by atoms with Crippen LogP contribution >= 0.6 is 0 Å². The van der Waals surface area contributed by atoms with Crippen LogP contribution in [-0.2, 0) is 29.1 Å². The normalized spacial score (nSPS) is 16.2. The second kappa shape index (κ2) is 6.70. The molecule has 1 aliphatic heterocycles. The highest BCUT2D eigenvalue weighted by molar-refractivity contribution is 5.88. The second-order valence-corrected chi connectivity index (χ2v) is 6.91. The van der Waals surface area contributed by atoms with Crippen molar-refractivity contribution in [1.82, 2.24) is 14.5 Å². The Hall–Kier alpha value is -3.29. The van der Waals surface area contributed by atoms with Crippen LogP contribution in [0.15, 0.2) is 36.4 Å². The summed E-state index contributed by atoms with van der Waals surface area (Å²) in [4.78, 5) is 30.6. The number of aryl methyl sites for hydroxylation is 1. The molecule has 0 spiro atoms. The van der Waals surface area contributed by atoms with Crippen LogP contribution in [-0.4, -0.2) is 32.3 Å². The standard InChI is InChI=1S/C20H18F2N4O2/c1-11-24-16-7-14(21)15(22)8-17(16)25(11)10-19(27)26-9-13-5-3-2-4-12(13)6-18(26)20(23)28/h2-5,7-8,18H,6,9-10H2,1H3,(H2,23,28)/t18-/m0/s1. The molecule has 0 aliphatic carbocycles. The van der Waals surface area contributed by atoms with E-state index in [2.05, 4.69) is 4.98 Å². The van der Waals surface area contributed by atoms with E-state index in [0.717, 1.165) is 23.3 Å². The fourth-order valence-corrected chi connectivity index (χ4v) is 3.71. The first-order valence-electron chi connectivity index (χ1n) is 8.82. The zero-order valence-corrected chi connectivity index (χ0v) is 15.2. The molecule has 28 heavy (non-hydrogen) atoms. The molecule has 0 unspecified atom stereocenters. The molecule has 1 aliphatic rings. The molecule has 8 heteroatoms. The number of aromatic nitrogens is 2. The molecule has 144 valence electrons. The lowest BCUT2D eigenvalue weighted by Crippen LogP contribution is -2.52. The molecule has 2 heterocycles. The van der Waals surface area contributed by atoms with Crippen LogP contribution in [0.1, 0.15) is 17.0 Å². The van der Waals surface area contributed by atoms with Crippen molar-refractivity contribution in [1.29, 1.82) is 0 Å². The zero-order chi connectivity index (χ0) is 20.0. The number of primary amides is 1. The first kappa shape index (κ1) is 18.1. The fourth-order valence-electron chi connectivity index (χ4n) is 3.71. The number of fused-ring (bicyclic) bond motifs is 2. The van der Waals surface area contributed by atoms with Gasteiger partial charge in [0.15, 0.2) is 11.6 Å². The van der Waals surface area contributed by atoms with Crippen LogP contribution in [0, 0.1) is 18.6 Å². The van der Waals surface area contributed by atoms with Crippen molar-refractivity contribution in [3.05, 3.63) is 65.0 Å². The summed E-state index contributed by atoms with van der Waals surface area (Å²) in [6.07, 6.45) is 0.348. The molecule has 1 atom stereocenters. The molecule has 2 amide bonds. The number of hydrogen-bond donors (Lipinski definition) is 1. The van der Waals surface area contributed by atoms with E-state index in [0.29, 0.717) is 17.8 Å². The third-order valence-electron chi connectivity index (χ3n) is 5.17. The van der Waals surface area contributed by atoms with Gasteiger partial charge in [-0.25, -0.2) is 13.8 Å². The number of amides is 2. The van der Waals surface area contributed by atoms with Gasteiger partial charge in [0.1, 0.15) is 18.4 Å². The van der Waals surface area contributed by atoms with Gasteiger partial charge >= 0.3 is 0 Å². The quantitative estimate of drug-likeness (QED) is 0.751. The van der Waals surface area contributed by atoms with Crippen molar-refractivity contribution in [2.24, 2.45) is 5.73 Å². The molecule has 6 nitrogen and oxygen atoms in total. The Bertz CT molecular complexity index is 1110. The van der Waals surface area contributed by atoms with E-state index in [-0.39, 0.29) is 24.5 Å². The summed E-state index contributed by atoms with van der Waals surface area (Å²) in [7, 11) is 0. The van der Waals surface area contributed by atoms with Crippen molar-refractivity contribution in [3.63, 3.8) is 0 Å². The van der Waals surface area contributed by atoms with E-state index in [4.69, 9.17) is 5.73 Å². The van der Waals surface area contributed by atoms with Crippen molar-refractivity contribution in [2.45, 2.75) is 32.5 Å². The minimum Gasteiger partial charge on any atom is -0.368 e. The van der Waals surface area contributed by atoms with Gasteiger partial charge in [-0.3, -0.25) is 9.59 Å². The van der Waals surface area contributed by atoms with E-state index >= 15 is 0 Å². The number of halogens is 2. The van der Waals surface area contributed by atoms with Gasteiger partial charge in [0.05, 0.1) is 11.0 Å². The summed E-state index contributed by atoms with van der Waals surface area (Å²) in [6, 6.07) is 8.84. The van der Waals surface area contributed by atoms with Gasteiger partial charge < -0.3 is 15.2 Å². The predicted molar refractivity (Wildman–Crippen MR) is 98.1 cm³/mol. The fraction of sp³-hybridized carbons (Fsp3) is 0.250. The molecule has 0 radical (unpaired) electrons. The van der Waals surface area contributed by atoms with Gasteiger partial charge in [-0.05, 0) is 18.1 Å². The zero-order valence-electron chi connectivity index (χ0n) is 15.2. The van der Waals surface area contributed by atoms with Gasteiger partial charge in [0.2, 0.25) is 11.8 Å². The smallest absolute Gasteiger partial charge is 0.243 e. The topological polar surface area (TPSA) is 81.2 Å². The van der Waals surface area contributed by atoms with Crippen LogP contribution in [0.4, 0.5) is 8.78 Å². The average molecular weight is 384 g/mol. The highest BCUT2D eigenvalue weighted by atomic mass is 19.2. The first-order valence-corrected chi connectivity index (χ1v) is 8.82. The molecular weight excluding hydrogens is 366 g/mol. The molecular formula is C20H18F2N4O2. The summed E-state index contributed by atoms with van der Waals surface area (Å²) in [5.74, 6) is -2.48. The maximum absolute atomic E-state index is 13.7. The van der Waals surface area contributed by atoms with Crippen molar-refractivity contribution in [2.75, 3.05) is 0 Å². The Morgan fingerprint density at radius 2 is 1.86 bits per heavy atom. The van der Waals surface area contributed by atoms with Crippen LogP contribution in [0.5, 0.6) is 0 Å². The summed E-state index contributed by atoms with van der Waals surface area (Å²) >= 11 is 0. The molecule has 1 aromatic heterocycles. The van der Waals surface area contributed by atoms with Crippen LogP contribution in [0.25, 0.3) is 11.0 Å². The summed E-state index contributed by atoms with van der Waals surface area (Å²) in [5.41, 5.74) is 8.06. The molecule has 3 aromatic rings. The number of carbonyl (C=O) groups excluding carboxylic acids is 2. The Balaban J connectivity index is 1.68. The number of carbonyl (C=O) groups is 2. The third kappa shape index (κ3) is 3.00. The molecule has 0 saturated heterocycles. The number of benzene rings is 2. The molecule has 0 fully saturated rings. The monoisotopic (exact) mass is 384 g/mol. The predicted octanol–water partition coefficient (Wildman–Crippen LogP) is 2.06. The Morgan fingerprint density at radius 1 is 1.18 bits per heavy atom. The third-order valence-corrected chi connectivity index (χ3v) is 5.17. The van der Waals surface area contributed by atoms with Gasteiger partial charge in [-0.1, -0.05) is 24.3 Å². The lowest BCUT2D eigenvalue weighted by Gasteiger charge is -2.35. The van der Waals surface area contributed by atoms with E-state index in [9.17, 15) is 18.4 Å². The molecule has 0 bridgehead atoms. The number of nitrogens with zero attached hydrogens (tertiary/aromatic N) is 3. The largest absolute Gasteiger partial charge is 0.368 e. The molecule has 2 aromatic carbocycles. The number of rotatable bonds is 3. The van der Waals surface area contributed by atoms with Crippen LogP contribution in [0.2, 0.25) is 0 Å². The molecule has 0 saturated carbocycles. The van der Waals surface area contributed by atoms with Gasteiger partial charge in [-0.2, -0.15) is 0 Å². The van der Waals surface area contributed by atoms with Gasteiger partial charge in [0, 0.05) is 25.1 Å². The minimum atomic E-state index is -1.01. The maximum atomic E-state index is 13.7. The lowest BCUT2D eigenvalue weighted by atomic mass is 9.93. The van der Waals surface area contributed by atoms with Crippen LogP contribution in [0.3, 0.4) is 0 Å². The lowest BCUT2D eigenvalue weighted by molar-refractivity contribution is -0.141. The maximum Gasteiger partial charge on any atom is 0.243 e. The van der Waals surface area contributed by atoms with E-state index in [1.165, 1.54) is 9.47 Å². The number of nitrogens with two attached hydrogens (primary N) is 1. The first-order chi connectivity index (χ1) is 13.3. The van der Waals surface area contributed by atoms with E-state index < -0.39 is 23.6 Å². The van der Waals surface area contributed by atoms with E-state index in [1.807, 2.05) is 24.3 Å². The second-order valence-electron chi connectivity index (χ2n) is 6.91. The van der Waals surface area contributed by atoms with Crippen molar-refractivity contribution < 1.29 is 18.4 Å². The van der Waals surface area contributed by atoms with Crippen LogP contribution < -0.4 is 5.73 Å². The summed E-state index contributed by atoms with van der Waals surface area (Å²) in [5, 5.41) is 0. The Labute approximate surface area is 159 Å². The number of hydrogen-bond acceptors (Lipinski definition) is 3. The Morgan fingerprint density at radius 3 is 2.57 bits per heavy atom. The van der Waals surface area contributed by atoms with Gasteiger partial charge in [0.25, 0.3) is 0 Å². The minimum absolute atomic E-state index is 0.153. The number of imidazole rings is 1. The highest BCUT2D eigenvalue weighted by Crippen LogP contribution is 2.25. The summed E-state index contributed by atoms with van der Waals surface area (Å²) < 4.78 is 28.7. The summed E-state index contributed by atoms with van der Waals surface area (Å²) in [6.45, 7) is 1.76. The molecule has 2 N–H and O–H groups in total. The Kier molecular flexibility index (Phi) is 4.33. The molecule has 4 rings (SSSR count). The SMILES string of the molecule is Cc1nc2cc(F)c(F)cc2n1CC(=O)N1Cc2ccccc2C[C@H]1C(N)=O. The van der Waals surface area contributed by atoms with Crippen molar-refractivity contribution >= 4 is 22.8 Å². The van der Waals surface area contributed by atoms with Gasteiger partial charge in [-0.15, -0.1) is 0 Å². The highest BCUT2D eigenvalue weighted by Gasteiger charge is 2.33. The van der Waals surface area contributed by atoms with E-state index in [1.54, 1.807) is 6.92 Å².